The van der Waals surface area contributed by atoms with Gasteiger partial charge in [0, 0.05) is 71.3 Å². The second kappa shape index (κ2) is 27.3. The van der Waals surface area contributed by atoms with Crippen LogP contribution in [0.2, 0.25) is 0 Å². The summed E-state index contributed by atoms with van der Waals surface area (Å²) in [5.41, 5.74) is 28.6. The minimum Gasteiger partial charge on any atom is -0.368 e. The Bertz CT molecular complexity index is 2830. The third-order valence-electron chi connectivity index (χ3n) is 13.0. The van der Waals surface area contributed by atoms with Crippen molar-refractivity contribution in [3.63, 3.8) is 0 Å². The average molecular weight is 1020 g/mol. The van der Waals surface area contributed by atoms with E-state index in [0.29, 0.717) is 55.6 Å². The molecular weight excluding hydrogens is 945 g/mol. The molecule has 7 atom stereocenters. The number of hydrogen-bond acceptors (Lipinski definition) is 11. The number of carbonyl (C=O) groups excluding carboxylic acids is 7. The van der Waals surface area contributed by atoms with E-state index in [9.17, 15) is 33.6 Å². The van der Waals surface area contributed by atoms with Crippen LogP contribution in [-0.2, 0) is 59.2 Å². The van der Waals surface area contributed by atoms with Crippen LogP contribution in [0.4, 0.5) is 0 Å². The number of rotatable bonds is 29. The lowest BCUT2D eigenvalue weighted by molar-refractivity contribution is -0.135. The smallest absolute Gasteiger partial charge is 0.243 e. The average Bonchev–Trinajstić information content (AvgIpc) is 4.14. The Morgan fingerprint density at radius 2 is 1.11 bits per heavy atom. The summed E-state index contributed by atoms with van der Waals surface area (Å²) < 4.78 is 0. The molecule has 21 nitrogen and oxygen atoms in total. The monoisotopic (exact) mass is 1010 g/mol. The molecule has 0 aliphatic carbocycles. The van der Waals surface area contributed by atoms with E-state index in [-0.39, 0.29) is 38.5 Å². The van der Waals surface area contributed by atoms with Gasteiger partial charge in [-0.25, -0.2) is 4.98 Å². The van der Waals surface area contributed by atoms with Crippen molar-refractivity contribution in [3.05, 3.63) is 126 Å². The van der Waals surface area contributed by atoms with Gasteiger partial charge in [-0.1, -0.05) is 66.7 Å². The molecule has 17 N–H and O–H groups in total. The fraction of sp³-hybridized carbons (Fsp3) is 0.396. The lowest BCUT2D eigenvalue weighted by Gasteiger charge is -2.28. The number of para-hydroxylation sites is 2. The first-order valence-corrected chi connectivity index (χ1v) is 25.0. The molecule has 3 heterocycles. The van der Waals surface area contributed by atoms with Gasteiger partial charge in [0.2, 0.25) is 41.4 Å². The number of imidazole rings is 1. The van der Waals surface area contributed by atoms with Gasteiger partial charge in [-0.15, -0.1) is 0 Å². The van der Waals surface area contributed by atoms with Gasteiger partial charge in [0.1, 0.15) is 36.3 Å². The highest BCUT2D eigenvalue weighted by molar-refractivity contribution is 5.98. The van der Waals surface area contributed by atoms with Crippen LogP contribution in [0.15, 0.2) is 97.6 Å². The van der Waals surface area contributed by atoms with Crippen LogP contribution in [0.25, 0.3) is 21.8 Å². The number of primary amides is 1. The number of fused-ring (bicyclic) bond motifs is 2. The van der Waals surface area contributed by atoms with Crippen LogP contribution in [-0.4, -0.2) is 117 Å². The molecular formula is C53H70N14O7. The molecule has 0 bridgehead atoms. The molecule has 0 unspecified atom stereocenters. The van der Waals surface area contributed by atoms with Gasteiger partial charge in [0.05, 0.1) is 12.4 Å². The van der Waals surface area contributed by atoms with E-state index >= 15 is 0 Å². The molecule has 0 aliphatic rings. The molecule has 6 aromatic rings. The van der Waals surface area contributed by atoms with Crippen molar-refractivity contribution in [2.24, 2.45) is 22.9 Å². The summed E-state index contributed by atoms with van der Waals surface area (Å²) in [6, 6.07) is 15.7. The quantitative estimate of drug-likeness (QED) is 0.0294. The molecule has 3 aromatic carbocycles. The largest absolute Gasteiger partial charge is 0.368 e. The number of aryl methyl sites for hydroxylation is 1. The van der Waals surface area contributed by atoms with E-state index in [1.807, 2.05) is 61.5 Å². The minimum absolute atomic E-state index is 0.0158. The fourth-order valence-electron chi connectivity index (χ4n) is 8.84. The Kier molecular flexibility index (Phi) is 20.4. The van der Waals surface area contributed by atoms with Crippen LogP contribution < -0.4 is 54.8 Å². The zero-order valence-electron chi connectivity index (χ0n) is 41.9. The Morgan fingerprint density at radius 1 is 0.568 bits per heavy atom. The maximum atomic E-state index is 14.9. The van der Waals surface area contributed by atoms with Gasteiger partial charge >= 0.3 is 0 Å². The summed E-state index contributed by atoms with van der Waals surface area (Å²) in [4.78, 5) is 111. The molecule has 0 saturated carbocycles. The lowest BCUT2D eigenvalue weighted by atomic mass is 9.99. The third-order valence-corrected chi connectivity index (χ3v) is 13.0. The first-order valence-electron chi connectivity index (χ1n) is 25.0. The highest BCUT2D eigenvalue weighted by Gasteiger charge is 2.34. The Morgan fingerprint density at radius 3 is 1.74 bits per heavy atom. The van der Waals surface area contributed by atoms with E-state index in [0.717, 1.165) is 33.1 Å². The minimum atomic E-state index is -1.32. The predicted molar refractivity (Wildman–Crippen MR) is 281 cm³/mol. The van der Waals surface area contributed by atoms with Gasteiger partial charge in [-0.05, 0) is 94.3 Å². The number of benzene rings is 3. The fourth-order valence-corrected chi connectivity index (χ4v) is 8.84. The van der Waals surface area contributed by atoms with Crippen molar-refractivity contribution in [3.8, 4) is 0 Å². The van der Waals surface area contributed by atoms with E-state index in [1.54, 1.807) is 36.7 Å². The summed E-state index contributed by atoms with van der Waals surface area (Å²) in [6.07, 6.45) is 7.23. The molecule has 0 radical (unpaired) electrons. The van der Waals surface area contributed by atoms with Crippen LogP contribution >= 0.6 is 0 Å². The highest BCUT2D eigenvalue weighted by Crippen LogP contribution is 2.24. The number of unbranched alkanes of at least 4 members (excludes halogenated alkanes) is 2. The summed E-state index contributed by atoms with van der Waals surface area (Å²) >= 11 is 0. The Hall–Kier alpha value is -7.88. The molecule has 394 valence electrons. The van der Waals surface area contributed by atoms with Crippen LogP contribution in [0.3, 0.4) is 0 Å². The maximum Gasteiger partial charge on any atom is 0.243 e. The van der Waals surface area contributed by atoms with Crippen molar-refractivity contribution < 1.29 is 33.6 Å². The molecule has 74 heavy (non-hydrogen) atoms. The molecule has 0 aliphatic heterocycles. The van der Waals surface area contributed by atoms with E-state index in [4.69, 9.17) is 22.9 Å². The van der Waals surface area contributed by atoms with Gasteiger partial charge in [0.25, 0.3) is 0 Å². The van der Waals surface area contributed by atoms with Crippen molar-refractivity contribution in [2.75, 3.05) is 13.1 Å². The molecule has 0 saturated heterocycles. The number of nitrogens with two attached hydrogens (primary N) is 4. The van der Waals surface area contributed by atoms with E-state index in [1.165, 1.54) is 13.3 Å². The Balaban J connectivity index is 1.28. The van der Waals surface area contributed by atoms with Crippen LogP contribution in [0.1, 0.15) is 73.5 Å². The normalized spacial score (nSPS) is 14.2. The zero-order valence-corrected chi connectivity index (χ0v) is 41.9. The number of hydrogen-bond donors (Lipinski definition) is 13. The SMILES string of the molecule is Cc1[nH]c2ccccc2c1C[C@H](NC(=O)[C@@H](CCCCN)NC(=O)[C@@H](Cc1c[nH]c2ccccc12)NC(=O)[C@H](C)NC(=O)[C@@H](N)Cc1cnc[nH]1)C(=O)N[C@H](Cc1ccccc1)C(=O)N[C@@H](CCCCN)C(N)=O. The van der Waals surface area contributed by atoms with Gasteiger partial charge in [-0.2, -0.15) is 0 Å². The van der Waals surface area contributed by atoms with Crippen LogP contribution in [0, 0.1) is 6.92 Å². The maximum absolute atomic E-state index is 14.9. The third kappa shape index (κ3) is 15.6. The van der Waals surface area contributed by atoms with E-state index < -0.39 is 83.6 Å². The van der Waals surface area contributed by atoms with E-state index in [2.05, 4.69) is 51.8 Å². The summed E-state index contributed by atoms with van der Waals surface area (Å²) in [7, 11) is 0. The number of amides is 7. The number of carbonyl (C=O) groups is 7. The number of H-pyrrole nitrogens is 3. The molecule has 0 spiro atoms. The van der Waals surface area contributed by atoms with Crippen molar-refractivity contribution in [2.45, 2.75) is 120 Å². The van der Waals surface area contributed by atoms with Crippen LogP contribution in [0.5, 0.6) is 0 Å². The lowest BCUT2D eigenvalue weighted by Crippen LogP contribution is -2.60. The molecule has 6 rings (SSSR count). The zero-order chi connectivity index (χ0) is 53.1. The number of aromatic amines is 3. The predicted octanol–water partition coefficient (Wildman–Crippen LogP) is 0.951. The topological polar surface area (TPSA) is 356 Å². The second-order valence-electron chi connectivity index (χ2n) is 18.6. The molecule has 21 heteroatoms. The summed E-state index contributed by atoms with van der Waals surface area (Å²) in [5, 5.41) is 18.4. The van der Waals surface area contributed by atoms with Gasteiger partial charge in [-0.3, -0.25) is 33.6 Å². The van der Waals surface area contributed by atoms with Gasteiger partial charge in [0.15, 0.2) is 0 Å². The first-order chi connectivity index (χ1) is 35.6. The summed E-state index contributed by atoms with van der Waals surface area (Å²) in [6.45, 7) is 4.01. The number of nitrogens with zero attached hydrogens (tertiary/aromatic N) is 1. The van der Waals surface area contributed by atoms with Gasteiger partial charge < -0.3 is 69.8 Å². The summed E-state index contributed by atoms with van der Waals surface area (Å²) in [5.74, 6) is -4.83. The number of nitrogens with one attached hydrogen (secondary N) is 9. The van der Waals surface area contributed by atoms with Crippen molar-refractivity contribution >= 4 is 63.2 Å². The molecule has 7 amide bonds. The van der Waals surface area contributed by atoms with Crippen molar-refractivity contribution in [1.29, 1.82) is 0 Å². The molecule has 3 aromatic heterocycles. The number of aromatic nitrogens is 4. The second-order valence-corrected chi connectivity index (χ2v) is 18.6. The highest BCUT2D eigenvalue weighted by atomic mass is 16.2. The Labute approximate surface area is 429 Å². The van der Waals surface area contributed by atoms with Crippen molar-refractivity contribution in [1.82, 2.24) is 51.8 Å². The molecule has 0 fully saturated rings. The first kappa shape index (κ1) is 55.4. The standard InChI is InChI=1S/C53H70N14O7/c1-31-38(37-17-7-9-19-41(37)61-31)27-46(53(74)66-44(24-33-14-4-3-5-15-33)51(72)63-42(47(57)68)20-10-12-22-54)67-50(71)43(21-11-13-23-55)64-52(73)45(25-34-28-59-40-18-8-6-16-36(34)40)65-48(69)32(2)62-49(70)39(56)26-35-29-58-30-60-35/h3-9,14-19,28-30,32,39,42-46,59,61H,10-13,20-27,54-56H2,1-2H3,(H2,57,68)(H,58,60)(H,62,70)(H,63,72)(H,64,73)(H,65,69)(H,66,74)(H,67,71)/t32-,39-,42-,43+,44+,45+,46-/m0/s1.